The minimum absolute atomic E-state index is 0.0709. The van der Waals surface area contributed by atoms with E-state index in [1.165, 1.54) is 24.3 Å². The van der Waals surface area contributed by atoms with Crippen LogP contribution in [-0.4, -0.2) is 12.5 Å². The summed E-state index contributed by atoms with van der Waals surface area (Å²) in [6, 6.07) is 9.34. The quantitative estimate of drug-likeness (QED) is 0.902. The van der Waals surface area contributed by atoms with Gasteiger partial charge in [0.05, 0.1) is 6.42 Å². The summed E-state index contributed by atoms with van der Waals surface area (Å²) in [6.07, 6.45) is 0.174. The predicted molar refractivity (Wildman–Crippen MR) is 73.2 cm³/mol. The van der Waals surface area contributed by atoms with Crippen molar-refractivity contribution in [2.75, 3.05) is 6.54 Å². The second kappa shape index (κ2) is 6.92. The van der Waals surface area contributed by atoms with Crippen LogP contribution in [0.1, 0.15) is 11.1 Å². The molecule has 0 radical (unpaired) electrons. The molecule has 2 rings (SSSR count). The van der Waals surface area contributed by atoms with Gasteiger partial charge in [0.25, 0.3) is 0 Å². The lowest BCUT2D eigenvalue weighted by molar-refractivity contribution is -0.120. The molecular weight excluding hydrogens is 279 g/mol. The number of carbonyl (C=O) groups excluding carboxylic acids is 1. The van der Waals surface area contributed by atoms with Crippen LogP contribution in [0.4, 0.5) is 13.2 Å². The third kappa shape index (κ3) is 4.34. The van der Waals surface area contributed by atoms with Crippen LogP contribution in [0.25, 0.3) is 0 Å². The molecule has 2 nitrogen and oxygen atoms in total. The molecule has 110 valence electrons. The predicted octanol–water partition coefficient (Wildman–Crippen LogP) is 3.01. The van der Waals surface area contributed by atoms with Gasteiger partial charge in [-0.05, 0) is 29.7 Å². The summed E-state index contributed by atoms with van der Waals surface area (Å²) in [5.41, 5.74) is 0.630. The Hall–Kier alpha value is -2.30. The topological polar surface area (TPSA) is 29.1 Å². The molecular formula is C16H14F3NO. The first-order valence-electron chi connectivity index (χ1n) is 6.50. The van der Waals surface area contributed by atoms with Crippen molar-refractivity contribution in [3.63, 3.8) is 0 Å². The van der Waals surface area contributed by atoms with Gasteiger partial charge in [0, 0.05) is 12.6 Å². The number of halogens is 3. The fraction of sp³-hybridized carbons (Fsp3) is 0.188. The third-order valence-corrected chi connectivity index (χ3v) is 3.04. The highest BCUT2D eigenvalue weighted by Gasteiger charge is 2.08. The summed E-state index contributed by atoms with van der Waals surface area (Å²) in [5, 5.41) is 2.58. The van der Waals surface area contributed by atoms with Gasteiger partial charge in [-0.2, -0.15) is 0 Å². The van der Waals surface area contributed by atoms with Crippen LogP contribution in [-0.2, 0) is 17.6 Å². The maximum Gasteiger partial charge on any atom is 0.224 e. The van der Waals surface area contributed by atoms with E-state index in [1.807, 2.05) is 0 Å². The number of benzene rings is 2. The van der Waals surface area contributed by atoms with E-state index in [9.17, 15) is 18.0 Å². The molecule has 2 aromatic rings. The van der Waals surface area contributed by atoms with Gasteiger partial charge in [0.1, 0.15) is 17.5 Å². The van der Waals surface area contributed by atoms with E-state index >= 15 is 0 Å². The van der Waals surface area contributed by atoms with Crippen molar-refractivity contribution < 1.29 is 18.0 Å². The molecule has 1 amide bonds. The zero-order chi connectivity index (χ0) is 15.2. The molecule has 0 aliphatic rings. The van der Waals surface area contributed by atoms with E-state index in [1.54, 1.807) is 12.1 Å². The van der Waals surface area contributed by atoms with E-state index < -0.39 is 17.5 Å². The van der Waals surface area contributed by atoms with Crippen molar-refractivity contribution in [1.82, 2.24) is 5.32 Å². The van der Waals surface area contributed by atoms with Gasteiger partial charge in [0.2, 0.25) is 5.91 Å². The van der Waals surface area contributed by atoms with Gasteiger partial charge in [-0.15, -0.1) is 0 Å². The number of nitrogens with one attached hydrogen (secondary N) is 1. The smallest absolute Gasteiger partial charge is 0.224 e. The highest BCUT2D eigenvalue weighted by molar-refractivity contribution is 5.78. The number of amides is 1. The number of rotatable bonds is 5. The molecule has 0 spiro atoms. The molecule has 0 saturated carbocycles. The molecule has 0 aliphatic carbocycles. The fourth-order valence-electron chi connectivity index (χ4n) is 1.94. The lowest BCUT2D eigenvalue weighted by Gasteiger charge is -2.07. The SMILES string of the molecule is O=C(Cc1ccccc1F)NCCc1ccc(F)cc1F. The Morgan fingerprint density at radius 3 is 2.43 bits per heavy atom. The highest BCUT2D eigenvalue weighted by Crippen LogP contribution is 2.10. The molecule has 0 unspecified atom stereocenters. The lowest BCUT2D eigenvalue weighted by atomic mass is 10.1. The Bertz CT molecular complexity index is 643. The highest BCUT2D eigenvalue weighted by atomic mass is 19.1. The first-order valence-corrected chi connectivity index (χ1v) is 6.50. The molecule has 0 atom stereocenters. The summed E-state index contributed by atoms with van der Waals surface area (Å²) in [5.74, 6) is -2.06. The first-order chi connectivity index (χ1) is 10.1. The van der Waals surface area contributed by atoms with Gasteiger partial charge < -0.3 is 5.32 Å². The van der Waals surface area contributed by atoms with E-state index in [0.29, 0.717) is 11.1 Å². The van der Waals surface area contributed by atoms with Crippen LogP contribution in [0.3, 0.4) is 0 Å². The van der Waals surface area contributed by atoms with Gasteiger partial charge >= 0.3 is 0 Å². The second-order valence-corrected chi connectivity index (χ2v) is 4.60. The standard InChI is InChI=1S/C16H14F3NO/c17-13-6-5-11(15(19)10-13)7-8-20-16(21)9-12-3-1-2-4-14(12)18/h1-6,10H,7-9H2,(H,20,21). The van der Waals surface area contributed by atoms with E-state index in [-0.39, 0.29) is 25.3 Å². The Morgan fingerprint density at radius 1 is 0.952 bits per heavy atom. The summed E-state index contributed by atoms with van der Waals surface area (Å²) >= 11 is 0. The van der Waals surface area contributed by atoms with Gasteiger partial charge in [-0.3, -0.25) is 4.79 Å². The van der Waals surface area contributed by atoms with E-state index in [0.717, 1.165) is 6.07 Å². The summed E-state index contributed by atoms with van der Waals surface area (Å²) < 4.78 is 39.5. The van der Waals surface area contributed by atoms with Crippen LogP contribution in [0.5, 0.6) is 0 Å². The fourth-order valence-corrected chi connectivity index (χ4v) is 1.94. The maximum absolute atomic E-state index is 13.4. The van der Waals surface area contributed by atoms with Gasteiger partial charge in [-0.25, -0.2) is 13.2 Å². The normalized spacial score (nSPS) is 10.4. The van der Waals surface area contributed by atoms with Crippen molar-refractivity contribution in [2.45, 2.75) is 12.8 Å². The molecule has 5 heteroatoms. The summed E-state index contributed by atoms with van der Waals surface area (Å²) in [7, 11) is 0. The average molecular weight is 293 g/mol. The van der Waals surface area contributed by atoms with Crippen molar-refractivity contribution in [1.29, 1.82) is 0 Å². The maximum atomic E-state index is 13.4. The van der Waals surface area contributed by atoms with Crippen LogP contribution < -0.4 is 5.32 Å². The third-order valence-electron chi connectivity index (χ3n) is 3.04. The van der Waals surface area contributed by atoms with Crippen LogP contribution in [0, 0.1) is 17.5 Å². The summed E-state index contributed by atoms with van der Waals surface area (Å²) in [4.78, 5) is 11.7. The molecule has 0 saturated heterocycles. The van der Waals surface area contributed by atoms with Crippen molar-refractivity contribution in [3.8, 4) is 0 Å². The number of hydrogen-bond acceptors (Lipinski definition) is 1. The van der Waals surface area contributed by atoms with Gasteiger partial charge in [0.15, 0.2) is 0 Å². The molecule has 0 aromatic heterocycles. The molecule has 1 N–H and O–H groups in total. The Balaban J connectivity index is 1.83. The first kappa shape index (κ1) is 15.1. The molecule has 21 heavy (non-hydrogen) atoms. The van der Waals surface area contributed by atoms with Crippen molar-refractivity contribution in [2.24, 2.45) is 0 Å². The van der Waals surface area contributed by atoms with E-state index in [2.05, 4.69) is 5.32 Å². The molecule has 0 fully saturated rings. The van der Waals surface area contributed by atoms with E-state index in [4.69, 9.17) is 0 Å². The Labute approximate surface area is 120 Å². The number of carbonyl (C=O) groups is 1. The largest absolute Gasteiger partial charge is 0.355 e. The van der Waals surface area contributed by atoms with Crippen LogP contribution in [0.2, 0.25) is 0 Å². The summed E-state index contributed by atoms with van der Waals surface area (Å²) in [6.45, 7) is 0.204. The van der Waals surface area contributed by atoms with Crippen molar-refractivity contribution in [3.05, 3.63) is 71.0 Å². The van der Waals surface area contributed by atoms with Crippen molar-refractivity contribution >= 4 is 5.91 Å². The Morgan fingerprint density at radius 2 is 1.71 bits per heavy atom. The Kier molecular flexibility index (Phi) is 4.98. The zero-order valence-electron chi connectivity index (χ0n) is 11.2. The second-order valence-electron chi connectivity index (χ2n) is 4.60. The minimum atomic E-state index is -0.640. The molecule has 0 heterocycles. The lowest BCUT2D eigenvalue weighted by Crippen LogP contribution is -2.27. The number of hydrogen-bond donors (Lipinski definition) is 1. The molecule has 0 bridgehead atoms. The molecule has 2 aromatic carbocycles. The molecule has 0 aliphatic heterocycles. The zero-order valence-corrected chi connectivity index (χ0v) is 11.2. The van der Waals surface area contributed by atoms with Crippen LogP contribution >= 0.6 is 0 Å². The minimum Gasteiger partial charge on any atom is -0.355 e. The average Bonchev–Trinajstić information content (AvgIpc) is 2.44. The monoisotopic (exact) mass is 293 g/mol. The van der Waals surface area contributed by atoms with Crippen LogP contribution in [0.15, 0.2) is 42.5 Å². The van der Waals surface area contributed by atoms with Gasteiger partial charge in [-0.1, -0.05) is 24.3 Å².